The molecule has 0 aliphatic carbocycles. The summed E-state index contributed by atoms with van der Waals surface area (Å²) in [6.45, 7) is 10.7. The van der Waals surface area contributed by atoms with Gasteiger partial charge in [0.1, 0.15) is 6.10 Å². The van der Waals surface area contributed by atoms with Gasteiger partial charge in [-0.25, -0.2) is 0 Å². The van der Waals surface area contributed by atoms with Gasteiger partial charge in [0.2, 0.25) is 0 Å². The molecule has 1 aromatic heterocycles. The number of aliphatic hydroxyl groups is 1. The molecule has 0 aliphatic rings. The average molecular weight is 274 g/mol. The fraction of sp³-hybridized carbons (Fsp3) is 0.412. The maximum absolute atomic E-state index is 10.5. The summed E-state index contributed by atoms with van der Waals surface area (Å²) in [7, 11) is 0. The summed E-state index contributed by atoms with van der Waals surface area (Å²) in [5.74, 6) is 0. The van der Waals surface area contributed by atoms with Gasteiger partial charge in [-0.05, 0) is 42.0 Å². The molecule has 0 fully saturated rings. The summed E-state index contributed by atoms with van der Waals surface area (Å²) >= 11 is 1.74. The van der Waals surface area contributed by atoms with E-state index in [0.29, 0.717) is 0 Å². The molecule has 2 heteroatoms. The molecule has 0 bridgehead atoms. The lowest BCUT2D eigenvalue weighted by Crippen LogP contribution is -2.11. The van der Waals surface area contributed by atoms with Crippen molar-refractivity contribution in [3.05, 3.63) is 56.8 Å². The van der Waals surface area contributed by atoms with E-state index >= 15 is 0 Å². The molecule has 1 nitrogen and oxygen atoms in total. The smallest absolute Gasteiger partial charge is 0.105 e. The van der Waals surface area contributed by atoms with Gasteiger partial charge < -0.3 is 5.11 Å². The Balaban J connectivity index is 2.30. The van der Waals surface area contributed by atoms with Crippen LogP contribution in [-0.4, -0.2) is 5.11 Å². The Labute approximate surface area is 119 Å². The minimum atomic E-state index is -0.515. The number of aryl methyl sites for hydroxylation is 2. The van der Waals surface area contributed by atoms with E-state index < -0.39 is 6.10 Å². The Morgan fingerprint density at radius 1 is 1.05 bits per heavy atom. The van der Waals surface area contributed by atoms with Crippen molar-refractivity contribution in [1.29, 1.82) is 0 Å². The van der Waals surface area contributed by atoms with Gasteiger partial charge in [-0.1, -0.05) is 45.0 Å². The van der Waals surface area contributed by atoms with Gasteiger partial charge in [-0.3, -0.25) is 0 Å². The van der Waals surface area contributed by atoms with Crippen LogP contribution in [0.2, 0.25) is 0 Å². The van der Waals surface area contributed by atoms with Crippen molar-refractivity contribution < 1.29 is 5.11 Å². The van der Waals surface area contributed by atoms with Crippen LogP contribution in [0.4, 0.5) is 0 Å². The van der Waals surface area contributed by atoms with Crippen molar-refractivity contribution >= 4 is 11.3 Å². The van der Waals surface area contributed by atoms with Crippen molar-refractivity contribution in [1.82, 2.24) is 0 Å². The lowest BCUT2D eigenvalue weighted by atomic mass is 9.86. The standard InChI is InChI=1S/C17H22OS/c1-11-10-15(12(2)19-11)16(18)13-6-8-14(9-7-13)17(3,4)5/h6-10,16,18H,1-5H3. The summed E-state index contributed by atoms with van der Waals surface area (Å²) in [5, 5.41) is 10.5. The van der Waals surface area contributed by atoms with Crippen LogP contribution in [0, 0.1) is 13.8 Å². The first kappa shape index (κ1) is 14.3. The normalized spacial score (nSPS) is 13.6. The van der Waals surface area contributed by atoms with E-state index in [-0.39, 0.29) is 5.41 Å². The van der Waals surface area contributed by atoms with Crippen molar-refractivity contribution in [3.63, 3.8) is 0 Å². The fourth-order valence-electron chi connectivity index (χ4n) is 2.27. The molecule has 0 radical (unpaired) electrons. The Bertz CT molecular complexity index is 558. The molecule has 1 unspecified atom stereocenters. The van der Waals surface area contributed by atoms with Crippen LogP contribution in [0.15, 0.2) is 30.3 Å². The molecular formula is C17H22OS. The van der Waals surface area contributed by atoms with Gasteiger partial charge in [0, 0.05) is 9.75 Å². The van der Waals surface area contributed by atoms with Crippen LogP contribution in [0.1, 0.15) is 53.3 Å². The number of benzene rings is 1. The molecule has 0 spiro atoms. The molecule has 2 rings (SSSR count). The minimum Gasteiger partial charge on any atom is -0.384 e. The van der Waals surface area contributed by atoms with E-state index in [0.717, 1.165) is 11.1 Å². The zero-order valence-corrected chi connectivity index (χ0v) is 13.1. The second kappa shape index (κ2) is 5.10. The lowest BCUT2D eigenvalue weighted by Gasteiger charge is -2.20. The SMILES string of the molecule is Cc1cc(C(O)c2ccc(C(C)(C)C)cc2)c(C)s1. The van der Waals surface area contributed by atoms with E-state index in [1.807, 2.05) is 12.1 Å². The highest BCUT2D eigenvalue weighted by molar-refractivity contribution is 7.12. The predicted molar refractivity (Wildman–Crippen MR) is 83.0 cm³/mol. The van der Waals surface area contributed by atoms with Gasteiger partial charge in [0.25, 0.3) is 0 Å². The number of rotatable bonds is 2. The first-order chi connectivity index (χ1) is 8.79. The minimum absolute atomic E-state index is 0.151. The van der Waals surface area contributed by atoms with E-state index in [1.54, 1.807) is 11.3 Å². The molecule has 0 saturated carbocycles. The number of hydrogen-bond donors (Lipinski definition) is 1. The molecule has 102 valence electrons. The van der Waals surface area contributed by atoms with Crippen LogP contribution in [-0.2, 0) is 5.41 Å². The van der Waals surface area contributed by atoms with E-state index in [9.17, 15) is 5.11 Å². The quantitative estimate of drug-likeness (QED) is 0.838. The molecule has 0 aliphatic heterocycles. The first-order valence-corrected chi connectivity index (χ1v) is 7.46. The van der Waals surface area contributed by atoms with E-state index in [2.05, 4.69) is 52.8 Å². The van der Waals surface area contributed by atoms with Crippen LogP contribution in [0.25, 0.3) is 0 Å². The molecule has 0 saturated heterocycles. The van der Waals surface area contributed by atoms with Gasteiger partial charge in [-0.15, -0.1) is 11.3 Å². The summed E-state index contributed by atoms with van der Waals surface area (Å²) < 4.78 is 0. The topological polar surface area (TPSA) is 20.2 Å². The fourth-order valence-corrected chi connectivity index (χ4v) is 3.22. The third kappa shape index (κ3) is 3.07. The molecule has 1 atom stereocenters. The number of aliphatic hydroxyl groups excluding tert-OH is 1. The second-order valence-corrected chi connectivity index (χ2v) is 7.60. The Kier molecular flexibility index (Phi) is 3.84. The van der Waals surface area contributed by atoms with Gasteiger partial charge in [0.15, 0.2) is 0 Å². The maximum Gasteiger partial charge on any atom is 0.105 e. The molecular weight excluding hydrogens is 252 g/mol. The van der Waals surface area contributed by atoms with Crippen LogP contribution < -0.4 is 0 Å². The molecule has 1 N–H and O–H groups in total. The third-order valence-corrected chi connectivity index (χ3v) is 4.45. The first-order valence-electron chi connectivity index (χ1n) is 6.64. The highest BCUT2D eigenvalue weighted by Crippen LogP contribution is 2.31. The Morgan fingerprint density at radius 3 is 2.05 bits per heavy atom. The van der Waals surface area contributed by atoms with Gasteiger partial charge in [-0.2, -0.15) is 0 Å². The van der Waals surface area contributed by atoms with E-state index in [4.69, 9.17) is 0 Å². The maximum atomic E-state index is 10.5. The summed E-state index contributed by atoms with van der Waals surface area (Å²) in [6, 6.07) is 10.4. The molecule has 2 aromatic rings. The Morgan fingerprint density at radius 2 is 1.63 bits per heavy atom. The van der Waals surface area contributed by atoms with E-state index in [1.165, 1.54) is 15.3 Å². The number of hydrogen-bond acceptors (Lipinski definition) is 2. The summed E-state index contributed by atoms with van der Waals surface area (Å²) in [6.07, 6.45) is -0.515. The largest absolute Gasteiger partial charge is 0.384 e. The molecule has 1 aromatic carbocycles. The van der Waals surface area contributed by atoms with Crippen LogP contribution >= 0.6 is 11.3 Å². The van der Waals surface area contributed by atoms with Crippen LogP contribution in [0.3, 0.4) is 0 Å². The number of thiophene rings is 1. The van der Waals surface area contributed by atoms with Crippen molar-refractivity contribution in [2.45, 2.75) is 46.1 Å². The van der Waals surface area contributed by atoms with Gasteiger partial charge >= 0.3 is 0 Å². The molecule has 19 heavy (non-hydrogen) atoms. The summed E-state index contributed by atoms with van der Waals surface area (Å²) in [5.41, 5.74) is 3.44. The highest BCUT2D eigenvalue weighted by atomic mass is 32.1. The Hall–Kier alpha value is -1.12. The van der Waals surface area contributed by atoms with Gasteiger partial charge in [0.05, 0.1) is 0 Å². The zero-order chi connectivity index (χ0) is 14.2. The predicted octanol–water partition coefficient (Wildman–Crippen LogP) is 4.74. The van der Waals surface area contributed by atoms with Crippen molar-refractivity contribution in [2.75, 3.05) is 0 Å². The second-order valence-electron chi connectivity index (χ2n) is 6.14. The summed E-state index contributed by atoms with van der Waals surface area (Å²) in [4.78, 5) is 2.45. The molecule has 0 amide bonds. The third-order valence-electron chi connectivity index (χ3n) is 3.47. The van der Waals surface area contributed by atoms with Crippen molar-refractivity contribution in [3.8, 4) is 0 Å². The zero-order valence-electron chi connectivity index (χ0n) is 12.3. The average Bonchev–Trinajstić information content (AvgIpc) is 2.66. The molecule has 1 heterocycles. The van der Waals surface area contributed by atoms with Crippen LogP contribution in [0.5, 0.6) is 0 Å². The highest BCUT2D eigenvalue weighted by Gasteiger charge is 2.17. The van der Waals surface area contributed by atoms with Crippen molar-refractivity contribution in [2.24, 2.45) is 0 Å². The monoisotopic (exact) mass is 274 g/mol. The lowest BCUT2D eigenvalue weighted by molar-refractivity contribution is 0.220.